The molecular formula is C14H20O2. The van der Waals surface area contributed by atoms with Gasteiger partial charge in [-0.3, -0.25) is 0 Å². The monoisotopic (exact) mass is 220 g/mol. The molecule has 1 aromatic rings. The predicted octanol–water partition coefficient (Wildman–Crippen LogP) is 3.24. The second-order valence-electron chi connectivity index (χ2n) is 4.52. The van der Waals surface area contributed by atoms with E-state index in [4.69, 9.17) is 4.74 Å². The normalized spacial score (nSPS) is 17.6. The van der Waals surface area contributed by atoms with Gasteiger partial charge >= 0.3 is 0 Å². The van der Waals surface area contributed by atoms with Crippen LogP contribution in [-0.4, -0.2) is 18.3 Å². The highest BCUT2D eigenvalue weighted by atomic mass is 16.5. The van der Waals surface area contributed by atoms with Crippen LogP contribution >= 0.6 is 0 Å². The molecule has 1 heterocycles. The lowest BCUT2D eigenvalue weighted by Crippen LogP contribution is -2.14. The van der Waals surface area contributed by atoms with Crippen molar-refractivity contribution in [2.24, 2.45) is 0 Å². The summed E-state index contributed by atoms with van der Waals surface area (Å²) in [6.45, 7) is 3.88. The quantitative estimate of drug-likeness (QED) is 0.847. The van der Waals surface area contributed by atoms with Crippen molar-refractivity contribution in [2.45, 2.75) is 38.5 Å². The largest absolute Gasteiger partial charge is 0.508 e. The number of benzene rings is 1. The van der Waals surface area contributed by atoms with Gasteiger partial charge in [0.1, 0.15) is 5.75 Å². The highest BCUT2D eigenvalue weighted by Gasteiger charge is 2.16. The Morgan fingerprint density at radius 3 is 2.75 bits per heavy atom. The molecule has 0 aliphatic carbocycles. The lowest BCUT2D eigenvalue weighted by atomic mass is 9.90. The summed E-state index contributed by atoms with van der Waals surface area (Å²) in [7, 11) is 0. The molecule has 16 heavy (non-hydrogen) atoms. The van der Waals surface area contributed by atoms with Gasteiger partial charge in [0, 0.05) is 13.2 Å². The first-order chi connectivity index (χ1) is 7.81. The molecule has 0 saturated carbocycles. The zero-order valence-electron chi connectivity index (χ0n) is 9.91. The Kier molecular flexibility index (Phi) is 3.83. The third kappa shape index (κ3) is 2.56. The number of rotatable bonds is 3. The van der Waals surface area contributed by atoms with E-state index in [-0.39, 0.29) is 0 Å². The van der Waals surface area contributed by atoms with Gasteiger partial charge in [-0.05, 0) is 42.4 Å². The van der Waals surface area contributed by atoms with Crippen LogP contribution in [0.1, 0.15) is 43.2 Å². The van der Waals surface area contributed by atoms with Crippen LogP contribution in [0.3, 0.4) is 0 Å². The van der Waals surface area contributed by atoms with Crippen LogP contribution in [-0.2, 0) is 11.2 Å². The van der Waals surface area contributed by atoms with Crippen molar-refractivity contribution in [3.8, 4) is 5.75 Å². The molecular weight excluding hydrogens is 200 g/mol. The van der Waals surface area contributed by atoms with Crippen molar-refractivity contribution in [3.05, 3.63) is 29.3 Å². The highest BCUT2D eigenvalue weighted by molar-refractivity contribution is 5.37. The van der Waals surface area contributed by atoms with E-state index in [0.29, 0.717) is 11.7 Å². The number of hydrogen-bond donors (Lipinski definition) is 1. The summed E-state index contributed by atoms with van der Waals surface area (Å²) in [5, 5.41) is 9.74. The maximum atomic E-state index is 9.74. The topological polar surface area (TPSA) is 29.5 Å². The summed E-state index contributed by atoms with van der Waals surface area (Å²) in [6, 6.07) is 6.08. The SMILES string of the molecule is CCCc1cc(C2CCOCC2)ccc1O. The first-order valence-electron chi connectivity index (χ1n) is 6.20. The van der Waals surface area contributed by atoms with E-state index in [0.717, 1.165) is 44.5 Å². The Morgan fingerprint density at radius 1 is 1.31 bits per heavy atom. The van der Waals surface area contributed by atoms with Crippen LogP contribution in [0.15, 0.2) is 18.2 Å². The van der Waals surface area contributed by atoms with Gasteiger partial charge in [0.2, 0.25) is 0 Å². The summed E-state index contributed by atoms with van der Waals surface area (Å²) in [4.78, 5) is 0. The van der Waals surface area contributed by atoms with E-state index in [1.54, 1.807) is 0 Å². The van der Waals surface area contributed by atoms with Gasteiger partial charge in [0.05, 0.1) is 0 Å². The fourth-order valence-corrected chi connectivity index (χ4v) is 2.36. The Balaban J connectivity index is 2.17. The fraction of sp³-hybridized carbons (Fsp3) is 0.571. The summed E-state index contributed by atoms with van der Waals surface area (Å²) in [5.74, 6) is 1.06. The van der Waals surface area contributed by atoms with Crippen LogP contribution in [0, 0.1) is 0 Å². The molecule has 2 heteroatoms. The Morgan fingerprint density at radius 2 is 2.06 bits per heavy atom. The smallest absolute Gasteiger partial charge is 0.118 e. The summed E-state index contributed by atoms with van der Waals surface area (Å²) >= 11 is 0. The number of aromatic hydroxyl groups is 1. The van der Waals surface area contributed by atoms with Crippen molar-refractivity contribution in [1.29, 1.82) is 0 Å². The van der Waals surface area contributed by atoms with Crippen molar-refractivity contribution in [2.75, 3.05) is 13.2 Å². The van der Waals surface area contributed by atoms with E-state index >= 15 is 0 Å². The van der Waals surface area contributed by atoms with Gasteiger partial charge in [0.15, 0.2) is 0 Å². The third-order valence-electron chi connectivity index (χ3n) is 3.32. The molecule has 0 atom stereocenters. The lowest BCUT2D eigenvalue weighted by molar-refractivity contribution is 0.0853. The molecule has 1 aliphatic rings. The van der Waals surface area contributed by atoms with Gasteiger partial charge in [-0.1, -0.05) is 25.5 Å². The predicted molar refractivity (Wildman–Crippen MR) is 64.9 cm³/mol. The van der Waals surface area contributed by atoms with E-state index in [9.17, 15) is 5.11 Å². The average molecular weight is 220 g/mol. The van der Waals surface area contributed by atoms with Crippen molar-refractivity contribution in [1.82, 2.24) is 0 Å². The molecule has 88 valence electrons. The molecule has 0 aromatic heterocycles. The molecule has 0 amide bonds. The molecule has 1 fully saturated rings. The van der Waals surface area contributed by atoms with Crippen molar-refractivity contribution < 1.29 is 9.84 Å². The maximum absolute atomic E-state index is 9.74. The van der Waals surface area contributed by atoms with Gasteiger partial charge in [-0.25, -0.2) is 0 Å². The minimum atomic E-state index is 0.442. The molecule has 0 spiro atoms. The fourth-order valence-electron chi connectivity index (χ4n) is 2.36. The van der Waals surface area contributed by atoms with Crippen molar-refractivity contribution >= 4 is 0 Å². The second kappa shape index (κ2) is 5.35. The minimum Gasteiger partial charge on any atom is -0.508 e. The average Bonchev–Trinajstić information content (AvgIpc) is 2.33. The van der Waals surface area contributed by atoms with E-state index < -0.39 is 0 Å². The number of ether oxygens (including phenoxy) is 1. The van der Waals surface area contributed by atoms with Gasteiger partial charge in [0.25, 0.3) is 0 Å². The summed E-state index contributed by atoms with van der Waals surface area (Å²) < 4.78 is 5.37. The van der Waals surface area contributed by atoms with Crippen molar-refractivity contribution in [3.63, 3.8) is 0 Å². The van der Waals surface area contributed by atoms with Gasteiger partial charge in [-0.15, -0.1) is 0 Å². The van der Waals surface area contributed by atoms with E-state index in [2.05, 4.69) is 19.1 Å². The van der Waals surface area contributed by atoms with Crippen LogP contribution in [0.2, 0.25) is 0 Å². The minimum absolute atomic E-state index is 0.442. The zero-order chi connectivity index (χ0) is 11.4. The molecule has 2 nitrogen and oxygen atoms in total. The molecule has 0 unspecified atom stereocenters. The van der Waals surface area contributed by atoms with Gasteiger partial charge < -0.3 is 9.84 Å². The Hall–Kier alpha value is -1.02. The summed E-state index contributed by atoms with van der Waals surface area (Å²) in [5.41, 5.74) is 2.45. The molecule has 0 bridgehead atoms. The Bertz CT molecular complexity index is 341. The van der Waals surface area contributed by atoms with Crippen LogP contribution < -0.4 is 0 Å². The number of phenolic OH excluding ortho intramolecular Hbond substituents is 1. The molecule has 2 rings (SSSR count). The number of phenols is 1. The molecule has 1 aromatic carbocycles. The third-order valence-corrected chi connectivity index (χ3v) is 3.32. The van der Waals surface area contributed by atoms with Crippen LogP contribution in [0.4, 0.5) is 0 Å². The molecule has 1 aliphatic heterocycles. The van der Waals surface area contributed by atoms with Crippen LogP contribution in [0.5, 0.6) is 5.75 Å². The summed E-state index contributed by atoms with van der Waals surface area (Å²) in [6.07, 6.45) is 4.25. The number of aryl methyl sites for hydroxylation is 1. The number of hydrogen-bond acceptors (Lipinski definition) is 2. The van der Waals surface area contributed by atoms with Crippen LogP contribution in [0.25, 0.3) is 0 Å². The Labute approximate surface area is 97.3 Å². The van der Waals surface area contributed by atoms with E-state index in [1.807, 2.05) is 6.07 Å². The highest BCUT2D eigenvalue weighted by Crippen LogP contribution is 2.30. The zero-order valence-corrected chi connectivity index (χ0v) is 9.91. The standard InChI is InChI=1S/C14H20O2/c1-2-3-13-10-12(4-5-14(13)15)11-6-8-16-9-7-11/h4-5,10-11,15H,2-3,6-9H2,1H3. The first kappa shape index (κ1) is 11.5. The molecule has 0 radical (unpaired) electrons. The molecule has 1 saturated heterocycles. The van der Waals surface area contributed by atoms with E-state index in [1.165, 1.54) is 5.56 Å². The maximum Gasteiger partial charge on any atom is 0.118 e. The molecule has 1 N–H and O–H groups in total. The first-order valence-corrected chi connectivity index (χ1v) is 6.20. The lowest BCUT2D eigenvalue weighted by Gasteiger charge is -2.23. The van der Waals surface area contributed by atoms with Gasteiger partial charge in [-0.2, -0.15) is 0 Å². The second-order valence-corrected chi connectivity index (χ2v) is 4.52.